The van der Waals surface area contributed by atoms with Crippen molar-refractivity contribution in [3.63, 3.8) is 0 Å². The molecule has 1 heterocycles. The van der Waals surface area contributed by atoms with E-state index in [0.29, 0.717) is 0 Å². The zero-order valence-electron chi connectivity index (χ0n) is 10.8. The van der Waals surface area contributed by atoms with Gasteiger partial charge in [0.25, 0.3) is 10.0 Å². The molecule has 0 aliphatic heterocycles. The molecule has 0 saturated heterocycles. The zero-order chi connectivity index (χ0) is 14.8. The summed E-state index contributed by atoms with van der Waals surface area (Å²) in [5.74, 6) is -1.19. The summed E-state index contributed by atoms with van der Waals surface area (Å²) in [6, 6.07) is -1.20. The summed E-state index contributed by atoms with van der Waals surface area (Å²) in [6.07, 6.45) is 1.37. The van der Waals surface area contributed by atoms with Crippen LogP contribution in [0.5, 0.6) is 0 Å². The Morgan fingerprint density at radius 3 is 2.53 bits per heavy atom. The van der Waals surface area contributed by atoms with Gasteiger partial charge in [-0.3, -0.25) is 9.48 Å². The molecule has 0 radical (unpaired) electrons. The third-order valence-corrected chi connectivity index (χ3v) is 4.38. The van der Waals surface area contributed by atoms with E-state index in [9.17, 15) is 13.2 Å². The Bertz CT molecular complexity index is 548. The van der Waals surface area contributed by atoms with Crippen molar-refractivity contribution in [3.05, 3.63) is 11.2 Å². The lowest BCUT2D eigenvalue weighted by Gasteiger charge is -2.16. The number of hydrogen-bond acceptors (Lipinski definition) is 4. The molecule has 0 amide bonds. The molecule has 0 aliphatic carbocycles. The first-order chi connectivity index (χ1) is 8.65. The molecule has 0 fully saturated rings. The average Bonchev–Trinajstić information content (AvgIpc) is 2.56. The predicted molar refractivity (Wildman–Crippen MR) is 69.4 cm³/mol. The minimum Gasteiger partial charge on any atom is -0.480 e. The summed E-state index contributed by atoms with van der Waals surface area (Å²) in [6.45, 7) is 3.61. The van der Waals surface area contributed by atoms with Gasteiger partial charge in [-0.05, 0) is 12.3 Å². The standard InChI is InChI=1S/C10H16ClN3O4S/c1-6(2)4-8(10(15)16)13-19(17,18)9-7(11)5-12-14(9)3/h5-6,8,13H,4H2,1-3H3,(H,15,16)/t8-/m1/s1. The van der Waals surface area contributed by atoms with Crippen molar-refractivity contribution < 1.29 is 18.3 Å². The molecule has 0 bridgehead atoms. The van der Waals surface area contributed by atoms with Crippen LogP contribution in [0.3, 0.4) is 0 Å². The normalized spacial score (nSPS) is 13.7. The third-order valence-electron chi connectivity index (χ3n) is 2.40. The molecule has 9 heteroatoms. The first kappa shape index (κ1) is 15.9. The minimum atomic E-state index is -4.03. The minimum absolute atomic E-state index is 0.0332. The molecule has 0 aromatic carbocycles. The lowest BCUT2D eigenvalue weighted by atomic mass is 10.1. The van der Waals surface area contributed by atoms with Crippen LogP contribution in [0.25, 0.3) is 0 Å². The topological polar surface area (TPSA) is 101 Å². The van der Waals surface area contributed by atoms with Crippen molar-refractivity contribution in [2.24, 2.45) is 13.0 Å². The number of nitrogens with one attached hydrogen (secondary N) is 1. The Balaban J connectivity index is 3.05. The molecule has 19 heavy (non-hydrogen) atoms. The Morgan fingerprint density at radius 2 is 2.16 bits per heavy atom. The van der Waals surface area contributed by atoms with Crippen LogP contribution < -0.4 is 4.72 Å². The van der Waals surface area contributed by atoms with Crippen LogP contribution in [0.2, 0.25) is 5.02 Å². The highest BCUT2D eigenvalue weighted by molar-refractivity contribution is 7.89. The van der Waals surface area contributed by atoms with Crippen molar-refractivity contribution >= 4 is 27.6 Å². The highest BCUT2D eigenvalue weighted by Crippen LogP contribution is 2.20. The number of halogens is 1. The van der Waals surface area contributed by atoms with Crippen LogP contribution >= 0.6 is 11.6 Å². The van der Waals surface area contributed by atoms with E-state index < -0.39 is 22.0 Å². The fraction of sp³-hybridized carbons (Fsp3) is 0.600. The highest BCUT2D eigenvalue weighted by Gasteiger charge is 2.29. The highest BCUT2D eigenvalue weighted by atomic mass is 35.5. The number of hydrogen-bond donors (Lipinski definition) is 2. The molecular weight excluding hydrogens is 294 g/mol. The number of aromatic nitrogens is 2. The maximum absolute atomic E-state index is 12.1. The average molecular weight is 310 g/mol. The third kappa shape index (κ3) is 3.92. The number of aliphatic carboxylic acids is 1. The monoisotopic (exact) mass is 309 g/mol. The number of sulfonamides is 1. The lowest BCUT2D eigenvalue weighted by molar-refractivity contribution is -0.139. The van der Waals surface area contributed by atoms with Gasteiger partial charge in [0.2, 0.25) is 0 Å². The van der Waals surface area contributed by atoms with E-state index in [2.05, 4.69) is 9.82 Å². The Hall–Kier alpha value is -1.12. The van der Waals surface area contributed by atoms with E-state index >= 15 is 0 Å². The molecule has 1 aromatic heterocycles. The lowest BCUT2D eigenvalue weighted by Crippen LogP contribution is -2.42. The van der Waals surface area contributed by atoms with E-state index in [0.717, 1.165) is 4.68 Å². The fourth-order valence-corrected chi connectivity index (χ4v) is 3.47. The van der Waals surface area contributed by atoms with Gasteiger partial charge in [0, 0.05) is 7.05 Å². The molecule has 1 rings (SSSR count). The summed E-state index contributed by atoms with van der Waals surface area (Å²) < 4.78 is 27.4. The number of carbonyl (C=O) groups is 1. The second-order valence-corrected chi connectivity index (χ2v) is 6.60. The number of nitrogens with zero attached hydrogens (tertiary/aromatic N) is 2. The summed E-state index contributed by atoms with van der Waals surface area (Å²) in [4.78, 5) is 11.1. The van der Waals surface area contributed by atoms with Gasteiger partial charge >= 0.3 is 5.97 Å². The largest absolute Gasteiger partial charge is 0.480 e. The first-order valence-corrected chi connectivity index (χ1v) is 7.44. The summed E-state index contributed by atoms with van der Waals surface area (Å²) in [7, 11) is -2.62. The maximum Gasteiger partial charge on any atom is 0.321 e. The van der Waals surface area contributed by atoms with Crippen molar-refractivity contribution in [3.8, 4) is 0 Å². The van der Waals surface area contributed by atoms with Gasteiger partial charge in [-0.25, -0.2) is 8.42 Å². The second-order valence-electron chi connectivity index (χ2n) is 4.56. The van der Waals surface area contributed by atoms with E-state index in [1.54, 1.807) is 13.8 Å². The van der Waals surface area contributed by atoms with E-state index in [-0.39, 0.29) is 22.4 Å². The zero-order valence-corrected chi connectivity index (χ0v) is 12.4. The maximum atomic E-state index is 12.1. The SMILES string of the molecule is CC(C)C[C@@H](NS(=O)(=O)c1c(Cl)cnn1C)C(=O)O. The number of aryl methyl sites for hydroxylation is 1. The van der Waals surface area contributed by atoms with Crippen molar-refractivity contribution in [1.29, 1.82) is 0 Å². The Morgan fingerprint density at radius 1 is 1.58 bits per heavy atom. The van der Waals surface area contributed by atoms with Crippen LogP contribution in [-0.2, 0) is 21.9 Å². The molecular formula is C10H16ClN3O4S. The number of carboxylic acid groups (broad SMARTS) is 1. The smallest absolute Gasteiger partial charge is 0.321 e. The number of rotatable bonds is 6. The van der Waals surface area contributed by atoms with Crippen molar-refractivity contribution in [1.82, 2.24) is 14.5 Å². The van der Waals surface area contributed by atoms with Gasteiger partial charge in [0.1, 0.15) is 6.04 Å². The number of carboxylic acids is 1. The van der Waals surface area contributed by atoms with Crippen LogP contribution in [0.15, 0.2) is 11.2 Å². The van der Waals surface area contributed by atoms with Crippen LogP contribution in [0.1, 0.15) is 20.3 Å². The molecule has 1 atom stereocenters. The molecule has 108 valence electrons. The summed E-state index contributed by atoms with van der Waals surface area (Å²) >= 11 is 5.75. The fourth-order valence-electron chi connectivity index (χ4n) is 1.62. The van der Waals surface area contributed by atoms with Gasteiger partial charge in [-0.15, -0.1) is 0 Å². The first-order valence-electron chi connectivity index (χ1n) is 5.57. The van der Waals surface area contributed by atoms with E-state index in [1.807, 2.05) is 0 Å². The molecule has 0 saturated carbocycles. The summed E-state index contributed by atoms with van der Waals surface area (Å²) in [5, 5.41) is 12.5. The van der Waals surface area contributed by atoms with Crippen LogP contribution in [0.4, 0.5) is 0 Å². The van der Waals surface area contributed by atoms with E-state index in [4.69, 9.17) is 16.7 Å². The molecule has 0 unspecified atom stereocenters. The van der Waals surface area contributed by atoms with Gasteiger partial charge in [-0.2, -0.15) is 9.82 Å². The molecule has 0 spiro atoms. The van der Waals surface area contributed by atoms with Crippen LogP contribution in [0, 0.1) is 5.92 Å². The molecule has 1 aromatic rings. The van der Waals surface area contributed by atoms with Gasteiger partial charge in [0.15, 0.2) is 5.03 Å². The summed E-state index contributed by atoms with van der Waals surface area (Å²) in [5.41, 5.74) is 0. The van der Waals surface area contributed by atoms with Crippen LogP contribution in [-0.4, -0.2) is 35.3 Å². The van der Waals surface area contributed by atoms with Gasteiger partial charge < -0.3 is 5.11 Å². The van der Waals surface area contributed by atoms with Crippen molar-refractivity contribution in [2.45, 2.75) is 31.3 Å². The van der Waals surface area contributed by atoms with Gasteiger partial charge in [0.05, 0.1) is 11.2 Å². The molecule has 7 nitrogen and oxygen atoms in total. The molecule has 2 N–H and O–H groups in total. The quantitative estimate of drug-likeness (QED) is 0.811. The van der Waals surface area contributed by atoms with E-state index in [1.165, 1.54) is 13.2 Å². The Kier molecular flexibility index (Phi) is 4.94. The van der Waals surface area contributed by atoms with Gasteiger partial charge in [-0.1, -0.05) is 25.4 Å². The van der Waals surface area contributed by atoms with Crippen molar-refractivity contribution in [2.75, 3.05) is 0 Å². The molecule has 0 aliphatic rings. The Labute approximate surface area is 116 Å². The second kappa shape index (κ2) is 5.89. The predicted octanol–water partition coefficient (Wildman–Crippen LogP) is 0.851.